The first-order valence-corrected chi connectivity index (χ1v) is 5.22. The summed E-state index contributed by atoms with van der Waals surface area (Å²) in [5.74, 6) is 0.668. The molecule has 1 aromatic carbocycles. The predicted molar refractivity (Wildman–Crippen MR) is 63.8 cm³/mol. The van der Waals surface area contributed by atoms with E-state index in [2.05, 4.69) is 9.97 Å². The van der Waals surface area contributed by atoms with Gasteiger partial charge in [-0.05, 0) is 6.07 Å². The maximum absolute atomic E-state index is 10.6. The van der Waals surface area contributed by atoms with Crippen LogP contribution < -0.4 is 0 Å². The van der Waals surface area contributed by atoms with Crippen molar-refractivity contribution in [2.45, 2.75) is 0 Å². The molecular weight excluding hydrogens is 214 g/mol. The minimum Gasteiger partial charge on any atom is -0.298 e. The van der Waals surface area contributed by atoms with Crippen molar-refractivity contribution in [3.05, 3.63) is 54.5 Å². The Morgan fingerprint density at radius 1 is 1.12 bits per heavy atom. The summed E-state index contributed by atoms with van der Waals surface area (Å²) >= 11 is 0. The summed E-state index contributed by atoms with van der Waals surface area (Å²) in [6.45, 7) is 0. The van der Waals surface area contributed by atoms with E-state index in [1.54, 1.807) is 24.5 Å². The molecule has 0 aliphatic heterocycles. The number of imidazole rings is 1. The van der Waals surface area contributed by atoms with E-state index in [-0.39, 0.29) is 0 Å². The molecule has 0 saturated heterocycles. The molecule has 0 atom stereocenters. The molecule has 0 spiro atoms. The van der Waals surface area contributed by atoms with E-state index < -0.39 is 0 Å². The SMILES string of the molecule is O=Cc1ccc(-c2cnc3ncccn23)cc1. The molecule has 0 aliphatic carbocycles. The van der Waals surface area contributed by atoms with Gasteiger partial charge in [-0.2, -0.15) is 0 Å². The zero-order valence-electron chi connectivity index (χ0n) is 8.95. The minimum atomic E-state index is 0.667. The number of benzene rings is 1. The monoisotopic (exact) mass is 223 g/mol. The molecule has 4 heteroatoms. The first kappa shape index (κ1) is 9.72. The third-order valence-corrected chi connectivity index (χ3v) is 2.63. The Morgan fingerprint density at radius 3 is 2.71 bits per heavy atom. The van der Waals surface area contributed by atoms with Crippen LogP contribution in [0.1, 0.15) is 10.4 Å². The Hall–Kier alpha value is -2.49. The van der Waals surface area contributed by atoms with Crippen LogP contribution in [-0.4, -0.2) is 20.7 Å². The molecule has 4 nitrogen and oxygen atoms in total. The Balaban J connectivity index is 2.16. The molecule has 82 valence electrons. The zero-order chi connectivity index (χ0) is 11.7. The van der Waals surface area contributed by atoms with Crippen LogP contribution in [0.4, 0.5) is 0 Å². The predicted octanol–water partition coefficient (Wildman–Crippen LogP) is 2.21. The van der Waals surface area contributed by atoms with E-state index >= 15 is 0 Å². The van der Waals surface area contributed by atoms with Gasteiger partial charge in [-0.3, -0.25) is 9.20 Å². The fourth-order valence-corrected chi connectivity index (χ4v) is 1.77. The summed E-state index contributed by atoms with van der Waals surface area (Å²) in [6, 6.07) is 9.24. The summed E-state index contributed by atoms with van der Waals surface area (Å²) in [4.78, 5) is 19.0. The van der Waals surface area contributed by atoms with Gasteiger partial charge in [-0.15, -0.1) is 0 Å². The standard InChI is InChI=1S/C13H9N3O/c17-9-10-2-4-11(5-3-10)12-8-15-13-14-6-1-7-16(12)13/h1-9H. The Kier molecular flexibility index (Phi) is 2.19. The molecule has 0 N–H and O–H groups in total. The van der Waals surface area contributed by atoms with Crippen LogP contribution >= 0.6 is 0 Å². The number of rotatable bonds is 2. The van der Waals surface area contributed by atoms with Gasteiger partial charge in [0.1, 0.15) is 6.29 Å². The largest absolute Gasteiger partial charge is 0.298 e. The highest BCUT2D eigenvalue weighted by atomic mass is 16.1. The fourth-order valence-electron chi connectivity index (χ4n) is 1.77. The van der Waals surface area contributed by atoms with E-state index in [0.717, 1.165) is 17.5 Å². The van der Waals surface area contributed by atoms with Gasteiger partial charge in [-0.25, -0.2) is 9.97 Å². The lowest BCUT2D eigenvalue weighted by molar-refractivity contribution is 0.112. The average Bonchev–Trinajstić information content (AvgIpc) is 2.83. The van der Waals surface area contributed by atoms with E-state index in [0.29, 0.717) is 11.3 Å². The summed E-state index contributed by atoms with van der Waals surface area (Å²) in [7, 11) is 0. The minimum absolute atomic E-state index is 0.667. The molecule has 0 saturated carbocycles. The molecule has 0 fully saturated rings. The van der Waals surface area contributed by atoms with E-state index in [1.807, 2.05) is 28.8 Å². The van der Waals surface area contributed by atoms with Crippen LogP contribution in [0.2, 0.25) is 0 Å². The summed E-state index contributed by atoms with van der Waals surface area (Å²) in [6.07, 6.45) is 6.23. The number of fused-ring (bicyclic) bond motifs is 1. The van der Waals surface area contributed by atoms with Crippen molar-refractivity contribution in [2.24, 2.45) is 0 Å². The molecule has 2 aromatic heterocycles. The number of carbonyl (C=O) groups excluding carboxylic acids is 1. The van der Waals surface area contributed by atoms with E-state index in [9.17, 15) is 4.79 Å². The molecule has 0 radical (unpaired) electrons. The van der Waals surface area contributed by atoms with Gasteiger partial charge in [0, 0.05) is 23.5 Å². The quantitative estimate of drug-likeness (QED) is 0.626. The van der Waals surface area contributed by atoms with Crippen molar-refractivity contribution >= 4 is 12.1 Å². The van der Waals surface area contributed by atoms with Gasteiger partial charge >= 0.3 is 0 Å². The highest BCUT2D eigenvalue weighted by Crippen LogP contribution is 2.19. The van der Waals surface area contributed by atoms with Gasteiger partial charge in [0.15, 0.2) is 0 Å². The van der Waals surface area contributed by atoms with Gasteiger partial charge in [-0.1, -0.05) is 24.3 Å². The molecule has 0 aliphatic rings. The third kappa shape index (κ3) is 1.59. The first-order chi connectivity index (χ1) is 8.38. The van der Waals surface area contributed by atoms with Gasteiger partial charge in [0.25, 0.3) is 0 Å². The number of nitrogens with zero attached hydrogens (tertiary/aromatic N) is 3. The lowest BCUT2D eigenvalue weighted by Gasteiger charge is -2.01. The van der Waals surface area contributed by atoms with Crippen molar-refractivity contribution < 1.29 is 4.79 Å². The third-order valence-electron chi connectivity index (χ3n) is 2.63. The van der Waals surface area contributed by atoms with Crippen molar-refractivity contribution in [1.29, 1.82) is 0 Å². The van der Waals surface area contributed by atoms with Crippen LogP contribution in [0.5, 0.6) is 0 Å². The summed E-state index contributed by atoms with van der Waals surface area (Å²) in [5, 5.41) is 0. The van der Waals surface area contributed by atoms with E-state index in [1.165, 1.54) is 0 Å². The summed E-state index contributed by atoms with van der Waals surface area (Å²) < 4.78 is 1.91. The fraction of sp³-hybridized carbons (Fsp3) is 0. The van der Waals surface area contributed by atoms with Gasteiger partial charge < -0.3 is 0 Å². The lowest BCUT2D eigenvalue weighted by Crippen LogP contribution is -1.89. The number of aromatic nitrogens is 3. The van der Waals surface area contributed by atoms with Crippen molar-refractivity contribution in [2.75, 3.05) is 0 Å². The molecule has 2 heterocycles. The van der Waals surface area contributed by atoms with Crippen molar-refractivity contribution in [3.63, 3.8) is 0 Å². The van der Waals surface area contributed by atoms with Crippen LogP contribution in [0, 0.1) is 0 Å². The Bertz CT molecular complexity index is 670. The molecule has 3 aromatic rings. The lowest BCUT2D eigenvalue weighted by atomic mass is 10.1. The molecule has 0 amide bonds. The zero-order valence-corrected chi connectivity index (χ0v) is 8.95. The second kappa shape index (κ2) is 3.83. The second-order valence-corrected chi connectivity index (χ2v) is 3.67. The van der Waals surface area contributed by atoms with E-state index in [4.69, 9.17) is 0 Å². The van der Waals surface area contributed by atoms with Gasteiger partial charge in [0.2, 0.25) is 5.78 Å². The van der Waals surface area contributed by atoms with Crippen LogP contribution in [0.25, 0.3) is 17.0 Å². The smallest absolute Gasteiger partial charge is 0.234 e. The highest BCUT2D eigenvalue weighted by molar-refractivity contribution is 5.76. The summed E-state index contributed by atoms with van der Waals surface area (Å²) in [5.41, 5.74) is 2.64. The molecule has 3 rings (SSSR count). The van der Waals surface area contributed by atoms with Gasteiger partial charge in [0.05, 0.1) is 11.9 Å². The number of aldehydes is 1. The number of carbonyl (C=O) groups is 1. The number of hydrogen-bond donors (Lipinski definition) is 0. The molecule has 17 heavy (non-hydrogen) atoms. The molecular formula is C13H9N3O. The topological polar surface area (TPSA) is 47.3 Å². The van der Waals surface area contributed by atoms with Crippen LogP contribution in [0.3, 0.4) is 0 Å². The van der Waals surface area contributed by atoms with Crippen LogP contribution in [-0.2, 0) is 0 Å². The normalized spacial score (nSPS) is 10.6. The van der Waals surface area contributed by atoms with Crippen molar-refractivity contribution in [3.8, 4) is 11.3 Å². The Morgan fingerprint density at radius 2 is 1.94 bits per heavy atom. The Labute approximate surface area is 97.6 Å². The number of hydrogen-bond acceptors (Lipinski definition) is 3. The second-order valence-electron chi connectivity index (χ2n) is 3.67. The maximum Gasteiger partial charge on any atom is 0.234 e. The van der Waals surface area contributed by atoms with Crippen LogP contribution in [0.15, 0.2) is 48.9 Å². The average molecular weight is 223 g/mol. The molecule has 0 bridgehead atoms. The maximum atomic E-state index is 10.6. The van der Waals surface area contributed by atoms with Crippen molar-refractivity contribution in [1.82, 2.24) is 14.4 Å². The first-order valence-electron chi connectivity index (χ1n) is 5.22. The highest BCUT2D eigenvalue weighted by Gasteiger charge is 2.05. The molecule has 0 unspecified atom stereocenters.